The highest BCUT2D eigenvalue weighted by Crippen LogP contribution is 2.08. The molecular formula is C14H30N2O. The summed E-state index contributed by atoms with van der Waals surface area (Å²) in [5, 5.41) is 3.15. The van der Waals surface area contributed by atoms with E-state index < -0.39 is 0 Å². The molecule has 102 valence electrons. The molecule has 17 heavy (non-hydrogen) atoms. The van der Waals surface area contributed by atoms with E-state index in [1.807, 2.05) is 6.92 Å². The third-order valence-electron chi connectivity index (χ3n) is 2.97. The minimum atomic E-state index is 0.195. The van der Waals surface area contributed by atoms with E-state index in [9.17, 15) is 4.79 Å². The molecule has 0 radical (unpaired) electrons. The van der Waals surface area contributed by atoms with Crippen molar-refractivity contribution in [2.24, 2.45) is 5.73 Å². The van der Waals surface area contributed by atoms with Crippen molar-refractivity contribution in [1.82, 2.24) is 5.32 Å². The van der Waals surface area contributed by atoms with Crippen molar-refractivity contribution < 1.29 is 4.79 Å². The lowest BCUT2D eigenvalue weighted by Gasteiger charge is -2.18. The van der Waals surface area contributed by atoms with Crippen LogP contribution in [0, 0.1) is 0 Å². The smallest absolute Gasteiger partial charge is 0.220 e. The predicted octanol–water partition coefficient (Wildman–Crippen LogP) is 2.98. The minimum absolute atomic E-state index is 0.195. The van der Waals surface area contributed by atoms with Crippen LogP contribution in [0.15, 0.2) is 0 Å². The molecule has 0 aromatic rings. The Bertz CT molecular complexity index is 193. The van der Waals surface area contributed by atoms with Gasteiger partial charge in [0.25, 0.3) is 0 Å². The van der Waals surface area contributed by atoms with Gasteiger partial charge in [-0.15, -0.1) is 0 Å². The van der Waals surface area contributed by atoms with Crippen LogP contribution >= 0.6 is 0 Å². The molecule has 0 saturated heterocycles. The van der Waals surface area contributed by atoms with E-state index in [-0.39, 0.29) is 11.9 Å². The highest BCUT2D eigenvalue weighted by molar-refractivity contribution is 5.76. The first kappa shape index (κ1) is 16.4. The van der Waals surface area contributed by atoms with E-state index in [1.54, 1.807) is 0 Å². The fraction of sp³-hybridized carbons (Fsp3) is 0.929. The van der Waals surface area contributed by atoms with Crippen LogP contribution in [0.25, 0.3) is 0 Å². The summed E-state index contributed by atoms with van der Waals surface area (Å²) in [6.07, 6.45) is 8.19. The van der Waals surface area contributed by atoms with Gasteiger partial charge in [-0.1, -0.05) is 33.1 Å². The summed E-state index contributed by atoms with van der Waals surface area (Å²) in [6.45, 7) is 6.34. The molecule has 0 aliphatic rings. The molecule has 2 unspecified atom stereocenters. The largest absolute Gasteiger partial charge is 0.353 e. The van der Waals surface area contributed by atoms with Gasteiger partial charge in [-0.3, -0.25) is 4.79 Å². The Balaban J connectivity index is 3.77. The third-order valence-corrected chi connectivity index (χ3v) is 2.97. The van der Waals surface area contributed by atoms with Crippen LogP contribution in [0.3, 0.4) is 0 Å². The molecule has 0 rings (SSSR count). The topological polar surface area (TPSA) is 55.1 Å². The Hall–Kier alpha value is -0.570. The Labute approximate surface area is 107 Å². The molecule has 0 aliphatic heterocycles. The second kappa shape index (κ2) is 10.6. The number of rotatable bonds is 10. The van der Waals surface area contributed by atoms with Crippen molar-refractivity contribution >= 4 is 5.91 Å². The van der Waals surface area contributed by atoms with Crippen LogP contribution in [0.4, 0.5) is 0 Å². The molecule has 3 nitrogen and oxygen atoms in total. The van der Waals surface area contributed by atoms with Crippen molar-refractivity contribution in [3.63, 3.8) is 0 Å². The lowest BCUT2D eigenvalue weighted by atomic mass is 10.0. The van der Waals surface area contributed by atoms with Crippen LogP contribution in [0.1, 0.15) is 72.1 Å². The van der Waals surface area contributed by atoms with Gasteiger partial charge >= 0.3 is 0 Å². The maximum Gasteiger partial charge on any atom is 0.220 e. The second-order valence-corrected chi connectivity index (χ2v) is 5.06. The van der Waals surface area contributed by atoms with Crippen molar-refractivity contribution in [1.29, 1.82) is 0 Å². The number of hydrogen-bond donors (Lipinski definition) is 2. The summed E-state index contributed by atoms with van der Waals surface area (Å²) >= 11 is 0. The van der Waals surface area contributed by atoms with E-state index in [2.05, 4.69) is 19.2 Å². The zero-order valence-electron chi connectivity index (χ0n) is 11.8. The molecule has 0 aromatic heterocycles. The highest BCUT2D eigenvalue weighted by atomic mass is 16.1. The lowest BCUT2D eigenvalue weighted by Crippen LogP contribution is -2.34. The van der Waals surface area contributed by atoms with Gasteiger partial charge in [0.2, 0.25) is 5.91 Å². The van der Waals surface area contributed by atoms with Crippen LogP contribution in [-0.2, 0) is 4.79 Å². The number of carbonyl (C=O) groups is 1. The zero-order chi connectivity index (χ0) is 13.1. The summed E-state index contributed by atoms with van der Waals surface area (Å²) in [4.78, 5) is 11.7. The fourth-order valence-electron chi connectivity index (χ4n) is 1.97. The summed E-state index contributed by atoms with van der Waals surface area (Å²) in [5.41, 5.74) is 5.66. The lowest BCUT2D eigenvalue weighted by molar-refractivity contribution is -0.122. The SMILES string of the molecule is CCCCC(CCC)NC(=O)CCCC(C)N. The van der Waals surface area contributed by atoms with E-state index in [4.69, 9.17) is 5.73 Å². The standard InChI is InChI=1S/C14H30N2O/c1-4-6-10-13(8-5-2)16-14(17)11-7-9-12(3)15/h12-13H,4-11,15H2,1-3H3,(H,16,17). The number of carbonyl (C=O) groups excluding carboxylic acids is 1. The molecule has 1 amide bonds. The van der Waals surface area contributed by atoms with Crippen LogP contribution in [-0.4, -0.2) is 18.0 Å². The molecule has 3 heteroatoms. The highest BCUT2D eigenvalue weighted by Gasteiger charge is 2.10. The molecule has 0 bridgehead atoms. The van der Waals surface area contributed by atoms with Gasteiger partial charge < -0.3 is 11.1 Å². The van der Waals surface area contributed by atoms with Gasteiger partial charge in [-0.25, -0.2) is 0 Å². The molecule has 2 atom stereocenters. The van der Waals surface area contributed by atoms with Crippen LogP contribution in [0.5, 0.6) is 0 Å². The van der Waals surface area contributed by atoms with Gasteiger partial charge in [0.15, 0.2) is 0 Å². The maximum absolute atomic E-state index is 11.7. The van der Waals surface area contributed by atoms with E-state index >= 15 is 0 Å². The van der Waals surface area contributed by atoms with Crippen molar-refractivity contribution in [3.8, 4) is 0 Å². The molecule has 0 heterocycles. The number of amides is 1. The normalized spacial score (nSPS) is 14.4. The molecule has 0 aromatic carbocycles. The number of hydrogen-bond acceptors (Lipinski definition) is 2. The second-order valence-electron chi connectivity index (χ2n) is 5.06. The molecule has 0 saturated carbocycles. The number of nitrogens with one attached hydrogen (secondary N) is 1. The molecule has 0 aliphatic carbocycles. The van der Waals surface area contributed by atoms with Crippen molar-refractivity contribution in [2.45, 2.75) is 84.2 Å². The van der Waals surface area contributed by atoms with E-state index in [0.29, 0.717) is 12.5 Å². The Morgan fingerprint density at radius 2 is 1.82 bits per heavy atom. The third kappa shape index (κ3) is 10.3. The first-order valence-electron chi connectivity index (χ1n) is 7.15. The number of nitrogens with two attached hydrogens (primary N) is 1. The number of unbranched alkanes of at least 4 members (excludes halogenated alkanes) is 1. The molecular weight excluding hydrogens is 212 g/mol. The Kier molecular flexibility index (Phi) is 10.2. The summed E-state index contributed by atoms with van der Waals surface area (Å²) in [6, 6.07) is 0.581. The summed E-state index contributed by atoms with van der Waals surface area (Å²) < 4.78 is 0. The monoisotopic (exact) mass is 242 g/mol. The fourth-order valence-corrected chi connectivity index (χ4v) is 1.97. The average molecular weight is 242 g/mol. The quantitative estimate of drug-likeness (QED) is 0.619. The molecule has 3 N–H and O–H groups in total. The average Bonchev–Trinajstić information content (AvgIpc) is 2.25. The zero-order valence-corrected chi connectivity index (χ0v) is 11.8. The van der Waals surface area contributed by atoms with Crippen LogP contribution < -0.4 is 11.1 Å². The first-order valence-corrected chi connectivity index (χ1v) is 7.15. The van der Waals surface area contributed by atoms with E-state index in [1.165, 1.54) is 12.8 Å². The van der Waals surface area contributed by atoms with Crippen molar-refractivity contribution in [2.75, 3.05) is 0 Å². The van der Waals surface area contributed by atoms with E-state index in [0.717, 1.165) is 32.1 Å². The van der Waals surface area contributed by atoms with Gasteiger partial charge in [0.1, 0.15) is 0 Å². The van der Waals surface area contributed by atoms with Gasteiger partial charge in [0, 0.05) is 18.5 Å². The maximum atomic E-state index is 11.7. The Morgan fingerprint density at radius 3 is 2.35 bits per heavy atom. The van der Waals surface area contributed by atoms with Crippen LogP contribution in [0.2, 0.25) is 0 Å². The van der Waals surface area contributed by atoms with Gasteiger partial charge in [-0.2, -0.15) is 0 Å². The molecule has 0 fully saturated rings. The van der Waals surface area contributed by atoms with Gasteiger partial charge in [0.05, 0.1) is 0 Å². The minimum Gasteiger partial charge on any atom is -0.353 e. The first-order chi connectivity index (χ1) is 8.10. The molecule has 0 spiro atoms. The van der Waals surface area contributed by atoms with Gasteiger partial charge in [-0.05, 0) is 32.6 Å². The summed E-state index contributed by atoms with van der Waals surface area (Å²) in [7, 11) is 0. The Morgan fingerprint density at radius 1 is 1.12 bits per heavy atom. The van der Waals surface area contributed by atoms with Crippen molar-refractivity contribution in [3.05, 3.63) is 0 Å². The summed E-state index contributed by atoms with van der Waals surface area (Å²) in [5.74, 6) is 0.195. The predicted molar refractivity (Wildman–Crippen MR) is 73.9 cm³/mol.